The number of carbonyl (C=O) groups is 2. The third kappa shape index (κ3) is 14.1. The van der Waals surface area contributed by atoms with E-state index in [1.807, 2.05) is 10.6 Å². The summed E-state index contributed by atoms with van der Waals surface area (Å²) in [6.07, 6.45) is -12.6. The van der Waals surface area contributed by atoms with Crippen LogP contribution in [-0.2, 0) is 48.5 Å². The van der Waals surface area contributed by atoms with Gasteiger partial charge in [0.15, 0.2) is 0 Å². The van der Waals surface area contributed by atoms with Gasteiger partial charge in [0.25, 0.3) is 6.43 Å². The zero-order valence-corrected chi connectivity index (χ0v) is 31.0. The topological polar surface area (TPSA) is 212 Å². The molecule has 57 heavy (non-hydrogen) atoms. The minimum Gasteiger partial charge on any atom is -0.274 e. The van der Waals surface area contributed by atoms with E-state index < -0.39 is 103 Å². The first-order chi connectivity index (χ1) is 26.2. The smallest absolute Gasteiger partial charge is 0.274 e. The van der Waals surface area contributed by atoms with Gasteiger partial charge in [-0.3, -0.25) is 10.6 Å². The van der Waals surface area contributed by atoms with Gasteiger partial charge in [-0.25, -0.2) is 47.7 Å². The number of alkyl halides is 11. The Morgan fingerprint density at radius 3 is 1.44 bits per heavy atom. The van der Waals surface area contributed by atoms with E-state index in [4.69, 9.17) is 11.6 Å². The SMILES string of the molecule is Cc1ccc(S(=O)ONC(=O)Nc2nc(C)nc(C(F)(F)Cl)n2)c(C(F)(F)F)c1.Cc1ccc(S(=O)ONC(=O)Nc2nc(C)nc(C(F)F)n2)c(C(F)(F)F)c1. The molecule has 2 aromatic heterocycles. The van der Waals surface area contributed by atoms with Crippen molar-refractivity contribution in [3.05, 3.63) is 81.9 Å². The molecule has 4 amide bonds. The molecule has 0 aliphatic carbocycles. The molecule has 0 fully saturated rings. The number of amides is 4. The van der Waals surface area contributed by atoms with Gasteiger partial charge in [0, 0.05) is 0 Å². The van der Waals surface area contributed by atoms with Gasteiger partial charge in [-0.05, 0) is 63.6 Å². The number of aryl methyl sites for hydroxylation is 4. The third-order valence-corrected chi connectivity index (χ3v) is 8.14. The van der Waals surface area contributed by atoms with Crippen LogP contribution in [0.25, 0.3) is 0 Å². The summed E-state index contributed by atoms with van der Waals surface area (Å²) < 4.78 is 163. The molecule has 0 aliphatic rings. The van der Waals surface area contributed by atoms with Crippen LogP contribution in [0.4, 0.5) is 65.4 Å². The van der Waals surface area contributed by atoms with Crippen LogP contribution in [0.3, 0.4) is 0 Å². The second-order valence-corrected chi connectivity index (χ2v) is 13.3. The van der Waals surface area contributed by atoms with Gasteiger partial charge in [-0.15, -0.1) is 0 Å². The lowest BCUT2D eigenvalue weighted by atomic mass is 10.1. The van der Waals surface area contributed by atoms with Crippen molar-refractivity contribution in [1.82, 2.24) is 40.9 Å². The number of hydroxylamine groups is 2. The zero-order valence-electron chi connectivity index (χ0n) is 28.6. The number of rotatable bonds is 10. The molecule has 29 heteroatoms. The summed E-state index contributed by atoms with van der Waals surface area (Å²) in [5.74, 6) is -3.54. The van der Waals surface area contributed by atoms with E-state index in [2.05, 4.69) is 38.5 Å². The Balaban J connectivity index is 0.000000306. The Morgan fingerprint density at radius 2 is 1.05 bits per heavy atom. The molecular weight excluding hydrogens is 862 g/mol. The van der Waals surface area contributed by atoms with Crippen LogP contribution >= 0.6 is 11.6 Å². The van der Waals surface area contributed by atoms with Gasteiger partial charge >= 0.3 is 29.8 Å². The number of hydrogen-bond acceptors (Lipinski definition) is 12. The minimum absolute atomic E-state index is 0.112. The van der Waals surface area contributed by atoms with Crippen LogP contribution in [0.1, 0.15) is 52.0 Å². The van der Waals surface area contributed by atoms with Crippen LogP contribution < -0.4 is 21.6 Å². The second-order valence-electron chi connectivity index (χ2n) is 10.6. The first-order valence-corrected chi connectivity index (χ1v) is 17.3. The molecule has 4 aromatic rings. The Labute approximate surface area is 322 Å². The van der Waals surface area contributed by atoms with Gasteiger partial charge in [0.05, 0.1) is 20.9 Å². The fraction of sp³-hybridized carbons (Fsp3) is 0.286. The Bertz CT molecular complexity index is 2160. The van der Waals surface area contributed by atoms with E-state index in [-0.39, 0.29) is 22.8 Å². The van der Waals surface area contributed by atoms with Crippen molar-refractivity contribution in [3.63, 3.8) is 0 Å². The van der Waals surface area contributed by atoms with Crippen molar-refractivity contribution in [2.75, 3.05) is 10.6 Å². The van der Waals surface area contributed by atoms with Crippen molar-refractivity contribution >= 4 is 57.7 Å². The number of anilines is 2. The highest BCUT2D eigenvalue weighted by Gasteiger charge is 2.37. The number of aromatic nitrogens is 6. The number of halogens is 11. The molecule has 0 bridgehead atoms. The quantitative estimate of drug-likeness (QED) is 0.0737. The summed E-state index contributed by atoms with van der Waals surface area (Å²) in [6.45, 7) is 5.32. The van der Waals surface area contributed by atoms with Crippen molar-refractivity contribution in [3.8, 4) is 0 Å². The van der Waals surface area contributed by atoms with E-state index >= 15 is 0 Å². The van der Waals surface area contributed by atoms with Gasteiger partial charge < -0.3 is 0 Å². The summed E-state index contributed by atoms with van der Waals surface area (Å²) in [4.78, 5) is 42.3. The Morgan fingerprint density at radius 1 is 0.649 bits per heavy atom. The fourth-order valence-corrected chi connectivity index (χ4v) is 5.47. The summed E-state index contributed by atoms with van der Waals surface area (Å²) in [5.41, 5.74) is 1.29. The number of urea groups is 2. The molecule has 16 nitrogen and oxygen atoms in total. The van der Waals surface area contributed by atoms with Crippen molar-refractivity contribution in [2.45, 2.75) is 61.6 Å². The highest BCUT2D eigenvalue weighted by molar-refractivity contribution is 7.80. The highest BCUT2D eigenvalue weighted by atomic mass is 35.5. The summed E-state index contributed by atoms with van der Waals surface area (Å²) in [6, 6.07) is 3.41. The van der Waals surface area contributed by atoms with Crippen molar-refractivity contribution < 1.29 is 70.5 Å². The maximum atomic E-state index is 13.1. The zero-order chi connectivity index (χ0) is 43.0. The number of nitrogens with one attached hydrogen (secondary N) is 4. The minimum atomic E-state index is -4.81. The number of hydrogen-bond donors (Lipinski definition) is 4. The van der Waals surface area contributed by atoms with Crippen LogP contribution in [0.15, 0.2) is 46.2 Å². The van der Waals surface area contributed by atoms with Crippen LogP contribution in [0.2, 0.25) is 0 Å². The molecule has 4 N–H and O–H groups in total. The van der Waals surface area contributed by atoms with Crippen molar-refractivity contribution in [2.24, 2.45) is 0 Å². The predicted octanol–water partition coefficient (Wildman–Crippen LogP) is 6.79. The van der Waals surface area contributed by atoms with Crippen LogP contribution in [-0.4, -0.2) is 50.4 Å². The van der Waals surface area contributed by atoms with E-state index in [0.29, 0.717) is 0 Å². The molecule has 2 atom stereocenters. The maximum Gasteiger partial charge on any atom is 0.417 e. The molecule has 0 radical (unpaired) electrons. The molecule has 2 heterocycles. The molecule has 310 valence electrons. The van der Waals surface area contributed by atoms with E-state index in [1.165, 1.54) is 39.8 Å². The van der Waals surface area contributed by atoms with Crippen LogP contribution in [0, 0.1) is 27.7 Å². The Hall–Kier alpha value is -5.19. The number of carbonyl (C=O) groups excluding carboxylic acids is 2. The Kier molecular flexibility index (Phi) is 15.3. The average molecular weight is 885 g/mol. The lowest BCUT2D eigenvalue weighted by Gasteiger charge is -2.13. The molecule has 2 unspecified atom stereocenters. The van der Waals surface area contributed by atoms with Crippen molar-refractivity contribution in [1.29, 1.82) is 0 Å². The first-order valence-electron chi connectivity index (χ1n) is 14.7. The van der Waals surface area contributed by atoms with Gasteiger partial charge in [-0.2, -0.15) is 63.6 Å². The molecular formula is C28H23ClF10N10O6S2. The van der Waals surface area contributed by atoms with E-state index in [0.717, 1.165) is 24.3 Å². The molecule has 0 saturated heterocycles. The second kappa shape index (κ2) is 18.8. The summed E-state index contributed by atoms with van der Waals surface area (Å²) >= 11 is -0.646. The largest absolute Gasteiger partial charge is 0.417 e. The average Bonchev–Trinajstić information content (AvgIpc) is 3.08. The van der Waals surface area contributed by atoms with Crippen LogP contribution in [0.5, 0.6) is 0 Å². The third-order valence-electron chi connectivity index (χ3n) is 6.07. The standard InChI is InChI=1S/C14H11ClF5N5O3S.C14H12F5N5O3S/c1-6-3-4-9(8(5-6)14(18,19)20)29(27)28-25-12(26)24-11-22-7(2)21-10(23-11)13(15,16)17;1-6-3-4-9(8(5-6)14(17,18)19)28(26)27-24-13(25)23-12-21-7(2)20-11(22-12)10(15)16/h3-5H,1-2H3,(H2,21,22,23,24,25,26);3-5,10H,1-2H3,(H2,20,21,22,23,24,25). The molecule has 0 aliphatic heterocycles. The molecule has 0 spiro atoms. The fourth-order valence-electron chi connectivity index (χ4n) is 3.84. The molecule has 2 aromatic carbocycles. The van der Waals surface area contributed by atoms with Gasteiger partial charge in [-0.1, -0.05) is 23.3 Å². The maximum absolute atomic E-state index is 13.1. The lowest BCUT2D eigenvalue weighted by Crippen LogP contribution is -2.31. The number of benzene rings is 2. The summed E-state index contributed by atoms with van der Waals surface area (Å²) in [5, 5.41) is -0.151. The summed E-state index contributed by atoms with van der Waals surface area (Å²) in [7, 11) is 0. The monoisotopic (exact) mass is 884 g/mol. The normalized spacial score (nSPS) is 12.9. The molecule has 4 rings (SSSR count). The highest BCUT2D eigenvalue weighted by Crippen LogP contribution is 2.35. The predicted molar refractivity (Wildman–Crippen MR) is 175 cm³/mol. The number of nitrogens with zero attached hydrogens (tertiary/aromatic N) is 6. The van der Waals surface area contributed by atoms with Gasteiger partial charge in [0.1, 0.15) is 11.6 Å². The first kappa shape index (κ1) is 46.2. The van der Waals surface area contributed by atoms with E-state index in [1.54, 1.807) is 11.0 Å². The van der Waals surface area contributed by atoms with Gasteiger partial charge in [0.2, 0.25) is 45.7 Å². The molecule has 0 saturated carbocycles. The lowest BCUT2D eigenvalue weighted by molar-refractivity contribution is -0.140. The van der Waals surface area contributed by atoms with E-state index in [9.17, 15) is 61.9 Å².